The molecule has 2 aliphatic heterocycles. The van der Waals surface area contributed by atoms with Crippen LogP contribution in [-0.2, 0) is 16.1 Å². The van der Waals surface area contributed by atoms with Gasteiger partial charge in [-0.2, -0.15) is 0 Å². The van der Waals surface area contributed by atoms with Crippen molar-refractivity contribution in [3.05, 3.63) is 36.5 Å². The number of piperazine rings is 1. The number of aromatic nitrogens is 1. The number of hydrogen-bond acceptors (Lipinski definition) is 3. The van der Waals surface area contributed by atoms with Crippen molar-refractivity contribution < 1.29 is 9.59 Å². The number of aryl methyl sites for hydroxylation is 1. The lowest BCUT2D eigenvalue weighted by Gasteiger charge is -2.38. The molecule has 0 spiro atoms. The van der Waals surface area contributed by atoms with Crippen molar-refractivity contribution in [1.82, 2.24) is 19.3 Å². The van der Waals surface area contributed by atoms with Gasteiger partial charge in [-0.1, -0.05) is 18.2 Å². The summed E-state index contributed by atoms with van der Waals surface area (Å²) in [6.07, 6.45) is 6.04. The zero-order chi connectivity index (χ0) is 20.2. The van der Waals surface area contributed by atoms with Gasteiger partial charge in [-0.05, 0) is 43.7 Å². The number of piperidine rings is 1. The first-order valence-corrected chi connectivity index (χ1v) is 11.0. The normalized spacial score (nSPS) is 20.9. The minimum atomic E-state index is 0.207. The second-order valence-electron chi connectivity index (χ2n) is 8.41. The number of para-hydroxylation sites is 1. The molecule has 29 heavy (non-hydrogen) atoms. The van der Waals surface area contributed by atoms with Gasteiger partial charge in [0.25, 0.3) is 0 Å². The van der Waals surface area contributed by atoms with Crippen LogP contribution >= 0.6 is 0 Å². The average Bonchev–Trinajstić information content (AvgIpc) is 3.16. The van der Waals surface area contributed by atoms with Crippen LogP contribution in [0.1, 0.15) is 32.6 Å². The Kier molecular flexibility index (Phi) is 6.19. The van der Waals surface area contributed by atoms with Gasteiger partial charge in [0, 0.05) is 63.4 Å². The second-order valence-corrected chi connectivity index (χ2v) is 8.41. The molecule has 2 fully saturated rings. The molecule has 1 aromatic heterocycles. The zero-order valence-electron chi connectivity index (χ0n) is 17.4. The predicted octanol–water partition coefficient (Wildman–Crippen LogP) is 2.58. The van der Waals surface area contributed by atoms with Crippen LogP contribution in [0.2, 0.25) is 0 Å². The Labute approximate surface area is 173 Å². The Balaban J connectivity index is 1.23. The van der Waals surface area contributed by atoms with Crippen molar-refractivity contribution >= 4 is 22.7 Å². The highest BCUT2D eigenvalue weighted by Gasteiger charge is 2.27. The molecule has 4 rings (SSSR count). The number of rotatable bonds is 5. The summed E-state index contributed by atoms with van der Waals surface area (Å²) in [5.74, 6) is 0.454. The topological polar surface area (TPSA) is 48.8 Å². The third-order valence-corrected chi connectivity index (χ3v) is 6.45. The third-order valence-electron chi connectivity index (χ3n) is 6.45. The van der Waals surface area contributed by atoms with Crippen molar-refractivity contribution in [2.75, 3.05) is 39.3 Å². The van der Waals surface area contributed by atoms with Crippen LogP contribution in [0.3, 0.4) is 0 Å². The monoisotopic (exact) mass is 396 g/mol. The molecule has 3 heterocycles. The molecule has 2 aromatic rings. The number of nitrogens with zero attached hydrogens (tertiary/aromatic N) is 4. The van der Waals surface area contributed by atoms with E-state index in [2.05, 4.69) is 40.8 Å². The van der Waals surface area contributed by atoms with Gasteiger partial charge in [0.1, 0.15) is 0 Å². The molecular formula is C23H32N4O2. The largest absolute Gasteiger partial charge is 0.347 e. The van der Waals surface area contributed by atoms with E-state index in [1.807, 2.05) is 21.9 Å². The van der Waals surface area contributed by atoms with Crippen LogP contribution in [-0.4, -0.2) is 76.4 Å². The van der Waals surface area contributed by atoms with E-state index in [1.54, 1.807) is 0 Å². The lowest BCUT2D eigenvalue weighted by molar-refractivity contribution is -0.137. The highest BCUT2D eigenvalue weighted by molar-refractivity contribution is 5.81. The first kappa shape index (κ1) is 20.0. The number of likely N-dealkylation sites (tertiary alicyclic amines) is 1. The van der Waals surface area contributed by atoms with Gasteiger partial charge in [-0.25, -0.2) is 0 Å². The predicted molar refractivity (Wildman–Crippen MR) is 115 cm³/mol. The van der Waals surface area contributed by atoms with E-state index in [4.69, 9.17) is 0 Å². The van der Waals surface area contributed by atoms with Crippen molar-refractivity contribution in [3.63, 3.8) is 0 Å². The molecular weight excluding hydrogens is 364 g/mol. The molecule has 0 aliphatic carbocycles. The van der Waals surface area contributed by atoms with E-state index in [0.29, 0.717) is 38.6 Å². The lowest BCUT2D eigenvalue weighted by Crippen LogP contribution is -2.53. The molecule has 0 radical (unpaired) electrons. The highest BCUT2D eigenvalue weighted by atomic mass is 16.2. The molecule has 0 bridgehead atoms. The van der Waals surface area contributed by atoms with Crippen molar-refractivity contribution in [1.29, 1.82) is 0 Å². The van der Waals surface area contributed by atoms with Crippen LogP contribution in [0, 0.1) is 0 Å². The quantitative estimate of drug-likeness (QED) is 0.781. The van der Waals surface area contributed by atoms with Gasteiger partial charge in [0.15, 0.2) is 0 Å². The van der Waals surface area contributed by atoms with Gasteiger partial charge in [-0.3, -0.25) is 14.5 Å². The first-order valence-electron chi connectivity index (χ1n) is 11.0. The van der Waals surface area contributed by atoms with Crippen molar-refractivity contribution in [2.24, 2.45) is 0 Å². The van der Waals surface area contributed by atoms with Crippen LogP contribution in [0.5, 0.6) is 0 Å². The van der Waals surface area contributed by atoms with Crippen LogP contribution in [0.25, 0.3) is 10.9 Å². The SMILES string of the molecule is CC1CCCCN1C(=O)CN1CCN(C(=O)CCn2ccc3ccccc32)CC1. The fourth-order valence-corrected chi connectivity index (χ4v) is 4.62. The van der Waals surface area contributed by atoms with Gasteiger partial charge >= 0.3 is 0 Å². The lowest BCUT2D eigenvalue weighted by atomic mass is 10.0. The Bertz CT molecular complexity index is 853. The van der Waals surface area contributed by atoms with E-state index in [0.717, 1.165) is 32.5 Å². The minimum absolute atomic E-state index is 0.207. The first-order chi connectivity index (χ1) is 14.1. The number of fused-ring (bicyclic) bond motifs is 1. The molecule has 1 atom stereocenters. The summed E-state index contributed by atoms with van der Waals surface area (Å²) in [7, 11) is 0. The Morgan fingerprint density at radius 2 is 1.76 bits per heavy atom. The van der Waals surface area contributed by atoms with Gasteiger partial charge in [0.2, 0.25) is 11.8 Å². The fraction of sp³-hybridized carbons (Fsp3) is 0.565. The Hall–Kier alpha value is -2.34. The molecule has 2 saturated heterocycles. The number of amides is 2. The average molecular weight is 397 g/mol. The Morgan fingerprint density at radius 3 is 2.55 bits per heavy atom. The smallest absolute Gasteiger partial charge is 0.236 e. The molecule has 2 amide bonds. The third kappa shape index (κ3) is 4.64. The molecule has 0 N–H and O–H groups in total. The molecule has 6 nitrogen and oxygen atoms in total. The maximum atomic E-state index is 12.7. The number of carbonyl (C=O) groups is 2. The van der Waals surface area contributed by atoms with E-state index in [9.17, 15) is 9.59 Å². The zero-order valence-corrected chi connectivity index (χ0v) is 17.4. The van der Waals surface area contributed by atoms with E-state index in [1.165, 1.54) is 17.3 Å². The molecule has 1 aromatic carbocycles. The maximum absolute atomic E-state index is 12.7. The van der Waals surface area contributed by atoms with E-state index in [-0.39, 0.29) is 11.8 Å². The molecule has 2 aliphatic rings. The van der Waals surface area contributed by atoms with E-state index >= 15 is 0 Å². The maximum Gasteiger partial charge on any atom is 0.236 e. The standard InChI is InChI=1S/C23H32N4O2/c1-19-6-4-5-11-27(19)23(29)18-24-14-16-26(17-15-24)22(28)10-13-25-12-9-20-7-2-3-8-21(20)25/h2-3,7-9,12,19H,4-6,10-11,13-18H2,1H3. The van der Waals surface area contributed by atoms with Gasteiger partial charge < -0.3 is 14.4 Å². The van der Waals surface area contributed by atoms with Gasteiger partial charge in [-0.15, -0.1) is 0 Å². The molecule has 1 unspecified atom stereocenters. The summed E-state index contributed by atoms with van der Waals surface area (Å²) >= 11 is 0. The summed E-state index contributed by atoms with van der Waals surface area (Å²) in [5, 5.41) is 1.21. The van der Waals surface area contributed by atoms with Crippen molar-refractivity contribution in [2.45, 2.75) is 45.2 Å². The fourth-order valence-electron chi connectivity index (χ4n) is 4.62. The number of benzene rings is 1. The van der Waals surface area contributed by atoms with Gasteiger partial charge in [0.05, 0.1) is 6.54 Å². The van der Waals surface area contributed by atoms with Crippen LogP contribution in [0.15, 0.2) is 36.5 Å². The minimum Gasteiger partial charge on any atom is -0.347 e. The molecule has 0 saturated carbocycles. The molecule has 6 heteroatoms. The summed E-state index contributed by atoms with van der Waals surface area (Å²) in [6.45, 7) is 7.24. The molecule has 156 valence electrons. The van der Waals surface area contributed by atoms with E-state index < -0.39 is 0 Å². The second kappa shape index (κ2) is 8.99. The number of hydrogen-bond donors (Lipinski definition) is 0. The van der Waals surface area contributed by atoms with Crippen LogP contribution < -0.4 is 0 Å². The van der Waals surface area contributed by atoms with Crippen molar-refractivity contribution in [3.8, 4) is 0 Å². The summed E-state index contributed by atoms with van der Waals surface area (Å²) < 4.78 is 2.15. The number of carbonyl (C=O) groups excluding carboxylic acids is 2. The Morgan fingerprint density at radius 1 is 0.966 bits per heavy atom. The highest BCUT2D eigenvalue weighted by Crippen LogP contribution is 2.18. The summed E-state index contributed by atoms with van der Waals surface area (Å²) in [5.41, 5.74) is 1.18. The summed E-state index contributed by atoms with van der Waals surface area (Å²) in [4.78, 5) is 31.5. The van der Waals surface area contributed by atoms with Crippen LogP contribution in [0.4, 0.5) is 0 Å². The summed E-state index contributed by atoms with van der Waals surface area (Å²) in [6, 6.07) is 10.7.